The molecule has 140 valence electrons. The van der Waals surface area contributed by atoms with Crippen molar-refractivity contribution in [3.05, 3.63) is 66.4 Å². The second-order valence-electron chi connectivity index (χ2n) is 6.05. The summed E-state index contributed by atoms with van der Waals surface area (Å²) >= 11 is 0. The van der Waals surface area contributed by atoms with E-state index in [9.17, 15) is 4.79 Å². The molecule has 1 N–H and O–H groups in total. The van der Waals surface area contributed by atoms with Gasteiger partial charge in [0.25, 0.3) is 0 Å². The van der Waals surface area contributed by atoms with Crippen LogP contribution in [0, 0.1) is 0 Å². The Morgan fingerprint density at radius 1 is 1.30 bits per heavy atom. The van der Waals surface area contributed by atoms with Gasteiger partial charge in [0.15, 0.2) is 0 Å². The molecule has 8 heteroatoms. The number of methoxy groups -OCH3 is 1. The summed E-state index contributed by atoms with van der Waals surface area (Å²) in [5, 5.41) is 7.01. The van der Waals surface area contributed by atoms with Crippen molar-refractivity contribution in [1.29, 1.82) is 0 Å². The highest BCUT2D eigenvalue weighted by molar-refractivity contribution is 5.74. The Labute approximate surface area is 157 Å². The average molecular weight is 366 g/mol. The first-order chi connectivity index (χ1) is 13.1. The molecule has 2 amide bonds. The standard InChI is InChI=1S/C19H22N6O2/c1-14(15-6-8-17(9-7-15)25-13-20-12-23-25)24(2)19(26)22-11-16-5-4-10-21-18(16)27-3/h4-10,12-14H,11H2,1-3H3,(H,22,26)/t14-/m0/s1. The summed E-state index contributed by atoms with van der Waals surface area (Å²) in [7, 11) is 3.33. The van der Waals surface area contributed by atoms with Gasteiger partial charge in [-0.25, -0.2) is 19.4 Å². The van der Waals surface area contributed by atoms with Gasteiger partial charge in [0.1, 0.15) is 12.7 Å². The van der Waals surface area contributed by atoms with Gasteiger partial charge in [0.05, 0.1) is 18.8 Å². The van der Waals surface area contributed by atoms with E-state index in [1.165, 1.54) is 6.33 Å². The smallest absolute Gasteiger partial charge is 0.317 e. The minimum Gasteiger partial charge on any atom is -0.481 e. The third kappa shape index (κ3) is 4.22. The zero-order valence-corrected chi connectivity index (χ0v) is 15.5. The molecular formula is C19H22N6O2. The van der Waals surface area contributed by atoms with E-state index in [4.69, 9.17) is 4.74 Å². The van der Waals surface area contributed by atoms with E-state index in [1.54, 1.807) is 36.3 Å². The molecule has 27 heavy (non-hydrogen) atoms. The lowest BCUT2D eigenvalue weighted by Gasteiger charge is -2.26. The van der Waals surface area contributed by atoms with Gasteiger partial charge < -0.3 is 15.0 Å². The Hall–Kier alpha value is -3.42. The highest BCUT2D eigenvalue weighted by atomic mass is 16.5. The predicted molar refractivity (Wildman–Crippen MR) is 101 cm³/mol. The fourth-order valence-corrected chi connectivity index (χ4v) is 2.68. The van der Waals surface area contributed by atoms with Gasteiger partial charge >= 0.3 is 6.03 Å². The number of nitrogens with zero attached hydrogens (tertiary/aromatic N) is 5. The number of rotatable bonds is 6. The van der Waals surface area contributed by atoms with Crippen LogP contribution < -0.4 is 10.1 Å². The molecule has 0 aliphatic rings. The first-order valence-electron chi connectivity index (χ1n) is 8.53. The zero-order chi connectivity index (χ0) is 19.2. The van der Waals surface area contributed by atoms with Crippen molar-refractivity contribution < 1.29 is 9.53 Å². The number of nitrogens with one attached hydrogen (secondary N) is 1. The van der Waals surface area contributed by atoms with Crippen LogP contribution in [0.4, 0.5) is 4.79 Å². The van der Waals surface area contributed by atoms with E-state index >= 15 is 0 Å². The molecular weight excluding hydrogens is 344 g/mol. The number of pyridine rings is 1. The van der Waals surface area contributed by atoms with Crippen molar-refractivity contribution in [3.8, 4) is 11.6 Å². The highest BCUT2D eigenvalue weighted by Crippen LogP contribution is 2.20. The number of aromatic nitrogens is 4. The summed E-state index contributed by atoms with van der Waals surface area (Å²) in [6.07, 6.45) is 4.79. The molecule has 1 atom stereocenters. The number of hydrogen-bond donors (Lipinski definition) is 1. The van der Waals surface area contributed by atoms with Crippen molar-refractivity contribution in [2.24, 2.45) is 0 Å². The Balaban J connectivity index is 1.62. The highest BCUT2D eigenvalue weighted by Gasteiger charge is 2.18. The van der Waals surface area contributed by atoms with Crippen LogP contribution in [-0.2, 0) is 6.54 Å². The largest absolute Gasteiger partial charge is 0.481 e. The number of carbonyl (C=O) groups is 1. The third-order valence-corrected chi connectivity index (χ3v) is 4.43. The minimum absolute atomic E-state index is 0.0920. The van der Waals surface area contributed by atoms with Crippen LogP contribution in [0.5, 0.6) is 5.88 Å². The molecule has 0 unspecified atom stereocenters. The summed E-state index contributed by atoms with van der Waals surface area (Å²) < 4.78 is 6.90. The fraction of sp³-hybridized carbons (Fsp3) is 0.263. The van der Waals surface area contributed by atoms with Gasteiger partial charge in [0.2, 0.25) is 5.88 Å². The monoisotopic (exact) mass is 366 g/mol. The van der Waals surface area contributed by atoms with Crippen molar-refractivity contribution >= 4 is 6.03 Å². The molecule has 3 aromatic rings. The summed E-state index contributed by atoms with van der Waals surface area (Å²) in [6, 6.07) is 11.3. The van der Waals surface area contributed by atoms with Gasteiger partial charge in [-0.05, 0) is 30.7 Å². The normalized spacial score (nSPS) is 11.7. The van der Waals surface area contributed by atoms with Crippen molar-refractivity contribution in [1.82, 2.24) is 30.0 Å². The second-order valence-corrected chi connectivity index (χ2v) is 6.05. The quantitative estimate of drug-likeness (QED) is 0.725. The van der Waals surface area contributed by atoms with E-state index in [0.717, 1.165) is 16.8 Å². The van der Waals surface area contributed by atoms with Gasteiger partial charge in [-0.15, -0.1) is 0 Å². The number of amides is 2. The number of ether oxygens (including phenoxy) is 1. The molecule has 2 heterocycles. The Bertz CT molecular complexity index is 879. The molecule has 1 aromatic carbocycles. The van der Waals surface area contributed by atoms with Crippen LogP contribution in [-0.4, -0.2) is 44.8 Å². The Morgan fingerprint density at radius 3 is 2.74 bits per heavy atom. The SMILES string of the molecule is COc1ncccc1CNC(=O)N(C)[C@@H](C)c1ccc(-n2cncn2)cc1. The van der Waals surface area contributed by atoms with E-state index in [2.05, 4.69) is 20.4 Å². The number of benzene rings is 1. The maximum absolute atomic E-state index is 12.5. The Morgan fingerprint density at radius 2 is 2.07 bits per heavy atom. The summed E-state index contributed by atoms with van der Waals surface area (Å²) in [6.45, 7) is 2.33. The molecule has 3 rings (SSSR count). The fourth-order valence-electron chi connectivity index (χ4n) is 2.68. The van der Waals surface area contributed by atoms with Crippen LogP contribution in [0.1, 0.15) is 24.1 Å². The number of carbonyl (C=O) groups excluding carboxylic acids is 1. The summed E-state index contributed by atoms with van der Waals surface area (Å²) in [5.74, 6) is 0.511. The molecule has 0 fully saturated rings. The first kappa shape index (κ1) is 18.4. The molecule has 0 saturated heterocycles. The average Bonchev–Trinajstić information content (AvgIpc) is 3.26. The molecule has 8 nitrogen and oxygen atoms in total. The van der Waals surface area contributed by atoms with E-state index in [-0.39, 0.29) is 12.1 Å². The lowest BCUT2D eigenvalue weighted by molar-refractivity contribution is 0.194. The van der Waals surface area contributed by atoms with Gasteiger partial charge in [-0.1, -0.05) is 18.2 Å². The molecule has 0 aliphatic carbocycles. The van der Waals surface area contributed by atoms with Crippen LogP contribution in [0.3, 0.4) is 0 Å². The van der Waals surface area contributed by atoms with E-state index in [1.807, 2.05) is 43.3 Å². The molecule has 0 saturated carbocycles. The van der Waals surface area contributed by atoms with Crippen molar-refractivity contribution in [2.45, 2.75) is 19.5 Å². The molecule has 0 bridgehead atoms. The maximum Gasteiger partial charge on any atom is 0.317 e. The predicted octanol–water partition coefficient (Wildman–Crippen LogP) is 2.57. The third-order valence-electron chi connectivity index (χ3n) is 4.43. The van der Waals surface area contributed by atoms with Crippen LogP contribution in [0.15, 0.2) is 55.2 Å². The molecule has 0 spiro atoms. The van der Waals surface area contributed by atoms with E-state index in [0.29, 0.717) is 12.4 Å². The summed E-state index contributed by atoms with van der Waals surface area (Å²) in [4.78, 5) is 22.3. The summed E-state index contributed by atoms with van der Waals surface area (Å²) in [5.41, 5.74) is 2.77. The molecule has 2 aromatic heterocycles. The van der Waals surface area contributed by atoms with E-state index < -0.39 is 0 Å². The molecule has 0 radical (unpaired) electrons. The van der Waals surface area contributed by atoms with Gasteiger partial charge in [-0.3, -0.25) is 0 Å². The van der Waals surface area contributed by atoms with Gasteiger partial charge in [-0.2, -0.15) is 5.10 Å². The lowest BCUT2D eigenvalue weighted by atomic mass is 10.1. The van der Waals surface area contributed by atoms with Crippen LogP contribution >= 0.6 is 0 Å². The number of hydrogen-bond acceptors (Lipinski definition) is 5. The molecule has 0 aliphatic heterocycles. The second kappa shape index (κ2) is 8.31. The zero-order valence-electron chi connectivity index (χ0n) is 15.5. The van der Waals surface area contributed by atoms with Gasteiger partial charge in [0, 0.05) is 25.4 Å². The Kier molecular flexibility index (Phi) is 5.65. The van der Waals surface area contributed by atoms with Crippen molar-refractivity contribution in [3.63, 3.8) is 0 Å². The number of urea groups is 1. The topological polar surface area (TPSA) is 85.2 Å². The maximum atomic E-state index is 12.5. The minimum atomic E-state index is -0.172. The van der Waals surface area contributed by atoms with Crippen LogP contribution in [0.2, 0.25) is 0 Å². The van der Waals surface area contributed by atoms with Crippen LogP contribution in [0.25, 0.3) is 5.69 Å². The lowest BCUT2D eigenvalue weighted by Crippen LogP contribution is -2.38. The van der Waals surface area contributed by atoms with Crippen molar-refractivity contribution in [2.75, 3.05) is 14.2 Å². The first-order valence-corrected chi connectivity index (χ1v) is 8.53.